The summed E-state index contributed by atoms with van der Waals surface area (Å²) in [5.41, 5.74) is 3.85. The van der Waals surface area contributed by atoms with Crippen LogP contribution in [-0.4, -0.2) is 29.5 Å². The third-order valence-corrected chi connectivity index (χ3v) is 3.92. The lowest BCUT2D eigenvalue weighted by atomic mass is 10.1. The lowest BCUT2D eigenvalue weighted by molar-refractivity contribution is 0.0706. The smallest absolute Gasteiger partial charge is 0.274 e. The summed E-state index contributed by atoms with van der Waals surface area (Å²) in [5.74, 6) is -0.00575. The van der Waals surface area contributed by atoms with E-state index in [1.165, 1.54) is 0 Å². The Balaban J connectivity index is 1.67. The first-order valence-corrected chi connectivity index (χ1v) is 7.41. The summed E-state index contributed by atoms with van der Waals surface area (Å²) in [4.78, 5) is 13.3. The Morgan fingerprint density at radius 3 is 2.48 bits per heavy atom. The number of carbonyl (C=O) groups is 1. The number of rotatable bonds is 4. The second-order valence-electron chi connectivity index (χ2n) is 5.38. The van der Waals surface area contributed by atoms with Crippen LogP contribution in [0.25, 0.3) is 0 Å². The van der Waals surface area contributed by atoms with Gasteiger partial charge in [-0.15, -0.1) is 0 Å². The molecule has 1 aliphatic rings. The summed E-state index contributed by atoms with van der Waals surface area (Å²) in [6.07, 6.45) is 0.840. The number of nitrogens with one attached hydrogen (secondary N) is 3. The zero-order chi connectivity index (χ0) is 16.2. The molecule has 6 nitrogen and oxygen atoms in total. The van der Waals surface area contributed by atoms with Crippen molar-refractivity contribution < 1.29 is 10.0 Å². The van der Waals surface area contributed by atoms with Crippen molar-refractivity contribution in [2.24, 2.45) is 0 Å². The van der Waals surface area contributed by atoms with Crippen LogP contribution in [0.4, 0.5) is 11.4 Å². The first kappa shape index (κ1) is 15.1. The van der Waals surface area contributed by atoms with Crippen LogP contribution >= 0.6 is 0 Å². The lowest BCUT2D eigenvalue weighted by Crippen LogP contribution is -2.32. The molecule has 23 heavy (non-hydrogen) atoms. The molecule has 1 fully saturated rings. The Kier molecular flexibility index (Phi) is 4.25. The minimum atomic E-state index is -0.541. The third kappa shape index (κ3) is 3.17. The summed E-state index contributed by atoms with van der Waals surface area (Å²) in [6.45, 7) is 0.797. The highest BCUT2D eigenvalue weighted by Gasteiger charge is 2.28. The zero-order valence-corrected chi connectivity index (χ0v) is 12.5. The van der Waals surface area contributed by atoms with E-state index < -0.39 is 5.91 Å². The van der Waals surface area contributed by atoms with Crippen molar-refractivity contribution in [3.8, 4) is 0 Å². The Hall–Kier alpha value is -2.86. The quantitative estimate of drug-likeness (QED) is 0.516. The number of benzene rings is 2. The second-order valence-corrected chi connectivity index (χ2v) is 5.38. The van der Waals surface area contributed by atoms with E-state index in [-0.39, 0.29) is 6.04 Å². The van der Waals surface area contributed by atoms with E-state index in [0.29, 0.717) is 11.4 Å². The minimum Gasteiger partial charge on any atom is -0.375 e. The topological polar surface area (TPSA) is 88.5 Å². The van der Waals surface area contributed by atoms with Crippen LogP contribution in [0.2, 0.25) is 0 Å². The number of hydroxylamine groups is 1. The third-order valence-electron chi connectivity index (χ3n) is 3.92. The normalized spacial score (nSPS) is 17.2. The number of amidine groups is 1. The fraction of sp³-hybridized carbons (Fsp3) is 0.176. The molecule has 1 heterocycles. The van der Waals surface area contributed by atoms with Crippen LogP contribution in [0, 0.1) is 5.41 Å². The SMILES string of the molecule is N=C1C(Nc2ccc(C(=O)NO)cc2)CCN1c1ccccc1. The lowest BCUT2D eigenvalue weighted by Gasteiger charge is -2.20. The molecule has 1 atom stereocenters. The van der Waals surface area contributed by atoms with Crippen LogP contribution in [-0.2, 0) is 0 Å². The van der Waals surface area contributed by atoms with Crippen LogP contribution in [0.15, 0.2) is 54.6 Å². The molecular weight excluding hydrogens is 292 g/mol. The molecule has 1 saturated heterocycles. The molecule has 1 aliphatic heterocycles. The van der Waals surface area contributed by atoms with Gasteiger partial charge >= 0.3 is 0 Å². The number of amides is 1. The van der Waals surface area contributed by atoms with E-state index in [1.807, 2.05) is 35.2 Å². The Morgan fingerprint density at radius 1 is 1.13 bits per heavy atom. The van der Waals surface area contributed by atoms with Gasteiger partial charge in [0.05, 0.1) is 6.04 Å². The van der Waals surface area contributed by atoms with Gasteiger partial charge in [0.1, 0.15) is 5.84 Å². The molecule has 1 amide bonds. The average molecular weight is 310 g/mol. The highest BCUT2D eigenvalue weighted by Crippen LogP contribution is 2.23. The number of para-hydroxylation sites is 1. The maximum atomic E-state index is 11.3. The van der Waals surface area contributed by atoms with Gasteiger partial charge in [-0.05, 0) is 42.8 Å². The molecule has 118 valence electrons. The van der Waals surface area contributed by atoms with Crippen molar-refractivity contribution in [2.75, 3.05) is 16.8 Å². The largest absolute Gasteiger partial charge is 0.375 e. The van der Waals surface area contributed by atoms with Gasteiger partial charge in [-0.2, -0.15) is 0 Å². The fourth-order valence-electron chi connectivity index (χ4n) is 2.70. The molecule has 2 aromatic rings. The average Bonchev–Trinajstić information content (AvgIpc) is 2.96. The molecule has 0 bridgehead atoms. The molecule has 0 aromatic heterocycles. The van der Waals surface area contributed by atoms with E-state index in [2.05, 4.69) is 5.32 Å². The molecule has 2 aromatic carbocycles. The van der Waals surface area contributed by atoms with Crippen molar-refractivity contribution in [1.82, 2.24) is 5.48 Å². The number of nitrogens with zero attached hydrogens (tertiary/aromatic N) is 1. The van der Waals surface area contributed by atoms with Crippen LogP contribution in [0.5, 0.6) is 0 Å². The van der Waals surface area contributed by atoms with Gasteiger partial charge in [0.25, 0.3) is 5.91 Å². The van der Waals surface area contributed by atoms with Crippen molar-refractivity contribution in [1.29, 1.82) is 5.41 Å². The maximum Gasteiger partial charge on any atom is 0.274 e. The number of anilines is 2. The molecule has 0 saturated carbocycles. The maximum absolute atomic E-state index is 11.3. The summed E-state index contributed by atoms with van der Waals surface area (Å²) in [7, 11) is 0. The van der Waals surface area contributed by atoms with Gasteiger partial charge in [-0.25, -0.2) is 5.48 Å². The van der Waals surface area contributed by atoms with Crippen LogP contribution in [0.3, 0.4) is 0 Å². The molecule has 4 N–H and O–H groups in total. The molecule has 6 heteroatoms. The molecule has 3 rings (SSSR count). The predicted octanol–water partition coefficient (Wildman–Crippen LogP) is 2.47. The molecule has 0 radical (unpaired) electrons. The van der Waals surface area contributed by atoms with E-state index in [4.69, 9.17) is 10.6 Å². The summed E-state index contributed by atoms with van der Waals surface area (Å²) in [5, 5.41) is 20.3. The molecule has 0 aliphatic carbocycles. The number of hydrogen-bond donors (Lipinski definition) is 4. The number of carbonyl (C=O) groups excluding carboxylic acids is 1. The van der Waals surface area contributed by atoms with Gasteiger partial charge in [0.2, 0.25) is 0 Å². The van der Waals surface area contributed by atoms with Crippen molar-refractivity contribution in [3.63, 3.8) is 0 Å². The minimum absolute atomic E-state index is 0.0623. The summed E-state index contributed by atoms with van der Waals surface area (Å²) >= 11 is 0. The number of hydrogen-bond acceptors (Lipinski definition) is 4. The van der Waals surface area contributed by atoms with Crippen molar-refractivity contribution in [2.45, 2.75) is 12.5 Å². The monoisotopic (exact) mass is 310 g/mol. The van der Waals surface area contributed by atoms with E-state index in [0.717, 1.165) is 24.3 Å². The van der Waals surface area contributed by atoms with Crippen molar-refractivity contribution >= 4 is 23.1 Å². The Morgan fingerprint density at radius 2 is 1.83 bits per heavy atom. The second kappa shape index (κ2) is 6.50. The van der Waals surface area contributed by atoms with Gasteiger partial charge in [-0.1, -0.05) is 18.2 Å². The molecule has 0 spiro atoms. The molecular formula is C17H18N4O2. The highest BCUT2D eigenvalue weighted by atomic mass is 16.5. The Bertz CT molecular complexity index is 700. The fourth-order valence-corrected chi connectivity index (χ4v) is 2.70. The van der Waals surface area contributed by atoms with Gasteiger partial charge in [-0.3, -0.25) is 15.4 Å². The van der Waals surface area contributed by atoms with E-state index >= 15 is 0 Å². The van der Waals surface area contributed by atoms with Gasteiger partial charge < -0.3 is 10.2 Å². The summed E-state index contributed by atoms with van der Waals surface area (Å²) < 4.78 is 0. The summed E-state index contributed by atoms with van der Waals surface area (Å²) in [6, 6.07) is 16.6. The highest BCUT2D eigenvalue weighted by molar-refractivity contribution is 6.03. The van der Waals surface area contributed by atoms with E-state index in [9.17, 15) is 4.79 Å². The Labute approximate surface area is 134 Å². The first-order valence-electron chi connectivity index (χ1n) is 7.41. The van der Waals surface area contributed by atoms with Crippen LogP contribution in [0.1, 0.15) is 16.8 Å². The zero-order valence-electron chi connectivity index (χ0n) is 12.5. The van der Waals surface area contributed by atoms with Gasteiger partial charge in [0, 0.05) is 23.5 Å². The molecule has 1 unspecified atom stereocenters. The van der Waals surface area contributed by atoms with E-state index in [1.54, 1.807) is 29.7 Å². The standard InChI is InChI=1S/C17H18N4O2/c18-16-15(10-11-21(16)14-4-2-1-3-5-14)19-13-8-6-12(7-9-13)17(22)20-23/h1-9,15,18-19,23H,10-11H2,(H,20,22). The van der Waals surface area contributed by atoms with Crippen molar-refractivity contribution in [3.05, 3.63) is 60.2 Å². The predicted molar refractivity (Wildman–Crippen MR) is 89.2 cm³/mol. The van der Waals surface area contributed by atoms with Crippen LogP contribution < -0.4 is 15.7 Å². The first-order chi connectivity index (χ1) is 11.2. The van der Waals surface area contributed by atoms with Gasteiger partial charge in [0.15, 0.2) is 0 Å².